The number of Topliss-reactive ketones (excluding diaryl/α,β-unsaturated/α-hetero) is 1. The fourth-order valence-corrected chi connectivity index (χ4v) is 3.86. The van der Waals surface area contributed by atoms with Crippen molar-refractivity contribution >= 4 is 17.1 Å². The van der Waals surface area contributed by atoms with Crippen molar-refractivity contribution in [2.24, 2.45) is 0 Å². The number of carbonyl (C=O) groups is 1. The van der Waals surface area contributed by atoms with Crippen LogP contribution in [0.1, 0.15) is 40.5 Å². The zero-order valence-corrected chi connectivity index (χ0v) is 14.6. The molecule has 0 saturated carbocycles. The van der Waals surface area contributed by atoms with E-state index < -0.39 is 0 Å². The first-order chi connectivity index (χ1) is 11.1. The SMILES string of the molecule is CCc1c(-c2csc(CN3C=CNCC3)n2)[nH]c(C)c1C(C)=O. The van der Waals surface area contributed by atoms with E-state index in [1.54, 1.807) is 18.3 Å². The summed E-state index contributed by atoms with van der Waals surface area (Å²) in [4.78, 5) is 22.3. The molecule has 0 aromatic carbocycles. The number of H-pyrrole nitrogens is 1. The van der Waals surface area contributed by atoms with Crippen molar-refractivity contribution in [3.63, 3.8) is 0 Å². The van der Waals surface area contributed by atoms with Crippen molar-refractivity contribution in [1.82, 2.24) is 20.2 Å². The first-order valence-electron chi connectivity index (χ1n) is 7.91. The molecule has 1 aliphatic rings. The summed E-state index contributed by atoms with van der Waals surface area (Å²) in [6.07, 6.45) is 4.86. The van der Waals surface area contributed by atoms with Crippen LogP contribution in [0.3, 0.4) is 0 Å². The third-order valence-electron chi connectivity index (χ3n) is 4.09. The van der Waals surface area contributed by atoms with Crippen LogP contribution in [0.25, 0.3) is 11.4 Å². The number of nitrogens with one attached hydrogen (secondary N) is 2. The Labute approximate surface area is 140 Å². The topological polar surface area (TPSA) is 61.0 Å². The maximum absolute atomic E-state index is 11.9. The normalized spacial score (nSPS) is 14.1. The highest BCUT2D eigenvalue weighted by Crippen LogP contribution is 2.30. The van der Waals surface area contributed by atoms with Crippen LogP contribution in [0, 0.1) is 6.92 Å². The summed E-state index contributed by atoms with van der Waals surface area (Å²) in [6.45, 7) is 8.44. The molecule has 0 aliphatic carbocycles. The quantitative estimate of drug-likeness (QED) is 0.827. The van der Waals surface area contributed by atoms with E-state index in [1.807, 2.05) is 13.1 Å². The van der Waals surface area contributed by atoms with Gasteiger partial charge in [-0.15, -0.1) is 11.3 Å². The van der Waals surface area contributed by atoms with Gasteiger partial charge in [0.25, 0.3) is 0 Å². The molecule has 122 valence electrons. The molecule has 2 aromatic heterocycles. The summed E-state index contributed by atoms with van der Waals surface area (Å²) in [6, 6.07) is 0. The van der Waals surface area contributed by atoms with Crippen LogP contribution < -0.4 is 5.32 Å². The smallest absolute Gasteiger partial charge is 0.161 e. The van der Waals surface area contributed by atoms with Crippen LogP contribution in [0.5, 0.6) is 0 Å². The Morgan fingerprint density at radius 2 is 2.30 bits per heavy atom. The van der Waals surface area contributed by atoms with Gasteiger partial charge in [0.1, 0.15) is 5.01 Å². The van der Waals surface area contributed by atoms with Gasteiger partial charge in [-0.3, -0.25) is 4.79 Å². The fraction of sp³-hybridized carbons (Fsp3) is 0.412. The molecule has 0 atom stereocenters. The Kier molecular flexibility index (Phi) is 4.52. The van der Waals surface area contributed by atoms with Crippen molar-refractivity contribution in [3.05, 3.63) is 39.6 Å². The van der Waals surface area contributed by atoms with Gasteiger partial charge < -0.3 is 15.2 Å². The number of aromatic nitrogens is 2. The average molecular weight is 330 g/mol. The van der Waals surface area contributed by atoms with Crippen molar-refractivity contribution in [1.29, 1.82) is 0 Å². The number of carbonyl (C=O) groups excluding carboxylic acids is 1. The highest BCUT2D eigenvalue weighted by molar-refractivity contribution is 7.09. The molecule has 0 bridgehead atoms. The molecule has 6 heteroatoms. The second kappa shape index (κ2) is 6.58. The molecule has 0 amide bonds. The number of aryl methyl sites for hydroxylation is 1. The molecule has 23 heavy (non-hydrogen) atoms. The molecular formula is C17H22N4OS. The third kappa shape index (κ3) is 3.17. The lowest BCUT2D eigenvalue weighted by molar-refractivity contribution is 0.101. The van der Waals surface area contributed by atoms with Gasteiger partial charge in [-0.05, 0) is 25.8 Å². The van der Waals surface area contributed by atoms with E-state index >= 15 is 0 Å². The molecule has 3 rings (SSSR count). The Bertz CT molecular complexity index is 744. The summed E-state index contributed by atoms with van der Waals surface area (Å²) in [5.41, 5.74) is 4.77. The molecule has 0 spiro atoms. The van der Waals surface area contributed by atoms with E-state index in [9.17, 15) is 4.79 Å². The van der Waals surface area contributed by atoms with E-state index in [4.69, 9.17) is 4.98 Å². The van der Waals surface area contributed by atoms with Gasteiger partial charge in [-0.2, -0.15) is 0 Å². The monoisotopic (exact) mass is 330 g/mol. The number of ketones is 1. The van der Waals surface area contributed by atoms with Crippen LogP contribution in [-0.4, -0.2) is 33.7 Å². The molecule has 0 fully saturated rings. The number of hydrogen-bond acceptors (Lipinski definition) is 5. The maximum atomic E-state index is 11.9. The number of thiazole rings is 1. The fourth-order valence-electron chi connectivity index (χ4n) is 3.05. The summed E-state index contributed by atoms with van der Waals surface area (Å²) in [5, 5.41) is 6.36. The van der Waals surface area contributed by atoms with Gasteiger partial charge >= 0.3 is 0 Å². The molecule has 2 aromatic rings. The highest BCUT2D eigenvalue weighted by atomic mass is 32.1. The summed E-state index contributed by atoms with van der Waals surface area (Å²) >= 11 is 1.67. The zero-order chi connectivity index (χ0) is 16.4. The van der Waals surface area contributed by atoms with Crippen molar-refractivity contribution in [2.75, 3.05) is 13.1 Å². The lowest BCUT2D eigenvalue weighted by Crippen LogP contribution is -2.30. The van der Waals surface area contributed by atoms with Gasteiger partial charge in [-0.25, -0.2) is 4.98 Å². The first kappa shape index (κ1) is 15.8. The molecule has 1 aliphatic heterocycles. The van der Waals surface area contributed by atoms with E-state index in [0.29, 0.717) is 0 Å². The lowest BCUT2D eigenvalue weighted by Gasteiger charge is -2.22. The summed E-state index contributed by atoms with van der Waals surface area (Å²) < 4.78 is 0. The van der Waals surface area contributed by atoms with Crippen molar-refractivity contribution in [3.8, 4) is 11.4 Å². The second-order valence-electron chi connectivity index (χ2n) is 5.76. The van der Waals surface area contributed by atoms with Crippen LogP contribution in [0.2, 0.25) is 0 Å². The predicted octanol–water partition coefficient (Wildman–Crippen LogP) is 3.09. The van der Waals surface area contributed by atoms with E-state index in [1.165, 1.54) is 0 Å². The minimum Gasteiger partial charge on any atom is -0.388 e. The van der Waals surface area contributed by atoms with Gasteiger partial charge in [-0.1, -0.05) is 6.92 Å². The molecule has 2 N–H and O–H groups in total. The van der Waals surface area contributed by atoms with Crippen LogP contribution in [0.4, 0.5) is 0 Å². The van der Waals surface area contributed by atoms with Gasteiger partial charge in [0.15, 0.2) is 5.78 Å². The number of rotatable bonds is 5. The Morgan fingerprint density at radius 1 is 1.48 bits per heavy atom. The summed E-state index contributed by atoms with van der Waals surface area (Å²) in [5.74, 6) is 0.114. The number of hydrogen-bond donors (Lipinski definition) is 2. The second-order valence-corrected chi connectivity index (χ2v) is 6.70. The molecular weight excluding hydrogens is 308 g/mol. The maximum Gasteiger partial charge on any atom is 0.161 e. The highest BCUT2D eigenvalue weighted by Gasteiger charge is 2.20. The van der Waals surface area contributed by atoms with Gasteiger partial charge in [0.2, 0.25) is 0 Å². The molecule has 0 radical (unpaired) electrons. The molecule has 3 heterocycles. The van der Waals surface area contributed by atoms with Crippen molar-refractivity contribution < 1.29 is 4.79 Å². The minimum atomic E-state index is 0.114. The van der Waals surface area contributed by atoms with E-state index in [2.05, 4.69) is 33.7 Å². The van der Waals surface area contributed by atoms with Crippen molar-refractivity contribution in [2.45, 2.75) is 33.7 Å². The predicted molar refractivity (Wildman–Crippen MR) is 93.6 cm³/mol. The number of nitrogens with zero attached hydrogens (tertiary/aromatic N) is 2. The Balaban J connectivity index is 1.88. The Hall–Kier alpha value is -2.08. The lowest BCUT2D eigenvalue weighted by atomic mass is 10.0. The van der Waals surface area contributed by atoms with E-state index in [0.717, 1.165) is 59.3 Å². The molecule has 5 nitrogen and oxygen atoms in total. The number of aromatic amines is 1. The molecule has 0 saturated heterocycles. The molecule has 0 unspecified atom stereocenters. The van der Waals surface area contributed by atoms with Crippen LogP contribution in [0.15, 0.2) is 17.8 Å². The van der Waals surface area contributed by atoms with Gasteiger partial charge in [0, 0.05) is 42.1 Å². The largest absolute Gasteiger partial charge is 0.388 e. The average Bonchev–Trinajstić information content (AvgIpc) is 3.12. The third-order valence-corrected chi connectivity index (χ3v) is 4.92. The first-order valence-corrected chi connectivity index (χ1v) is 8.79. The van der Waals surface area contributed by atoms with Crippen LogP contribution >= 0.6 is 11.3 Å². The van der Waals surface area contributed by atoms with Gasteiger partial charge in [0.05, 0.1) is 17.9 Å². The minimum absolute atomic E-state index is 0.114. The Morgan fingerprint density at radius 3 is 2.96 bits per heavy atom. The summed E-state index contributed by atoms with van der Waals surface area (Å²) in [7, 11) is 0. The van der Waals surface area contributed by atoms with Crippen LogP contribution in [-0.2, 0) is 13.0 Å². The van der Waals surface area contributed by atoms with E-state index in [-0.39, 0.29) is 5.78 Å². The zero-order valence-electron chi connectivity index (χ0n) is 13.8. The standard InChI is InChI=1S/C17H22N4OS/c1-4-13-16(12(3)22)11(2)19-17(13)14-10-23-15(20-14)9-21-7-5-18-6-8-21/h5,7,10,18-19H,4,6,8-9H2,1-3H3.